The van der Waals surface area contributed by atoms with Crippen LogP contribution in [0.5, 0.6) is 0 Å². The fourth-order valence-electron chi connectivity index (χ4n) is 1.02. The lowest BCUT2D eigenvalue weighted by atomic mass is 10.1. The van der Waals surface area contributed by atoms with Crippen molar-refractivity contribution in [3.63, 3.8) is 0 Å². The third kappa shape index (κ3) is 3.24. The molecule has 0 saturated carbocycles. The first-order valence-corrected chi connectivity index (χ1v) is 5.17. The number of hydrogen-bond donors (Lipinski definition) is 1. The van der Waals surface area contributed by atoms with E-state index in [2.05, 4.69) is 0 Å². The molecule has 0 heterocycles. The number of hydrogen-bond acceptors (Lipinski definition) is 1. The number of alkyl halides is 1. The molecule has 2 nitrogen and oxygen atoms in total. The van der Waals surface area contributed by atoms with E-state index < -0.39 is 17.3 Å². The Balaban J connectivity index is 2.75. The second-order valence-corrected chi connectivity index (χ2v) is 3.76. The molecular weight excluding hydrogens is 191 g/mol. The minimum Gasteiger partial charge on any atom is -0.306 e. The second kappa shape index (κ2) is 4.48. The zero-order valence-electron chi connectivity index (χ0n) is 7.24. The number of benzene rings is 1. The van der Waals surface area contributed by atoms with Crippen LogP contribution in [0.2, 0.25) is 0 Å². The summed E-state index contributed by atoms with van der Waals surface area (Å²) in [6.45, 7) is 1.46. The Morgan fingerprint density at radius 3 is 2.38 bits per heavy atom. The fourth-order valence-corrected chi connectivity index (χ4v) is 1.50. The van der Waals surface area contributed by atoms with Gasteiger partial charge in [0.1, 0.15) is 6.17 Å². The van der Waals surface area contributed by atoms with Gasteiger partial charge < -0.3 is 4.55 Å². The maximum atomic E-state index is 12.7. The van der Waals surface area contributed by atoms with Gasteiger partial charge in [-0.05, 0) is 18.1 Å². The molecule has 72 valence electrons. The van der Waals surface area contributed by atoms with Crippen LogP contribution in [0, 0.1) is 0 Å². The maximum Gasteiger partial charge on any atom is 0.157 e. The molecule has 0 radical (unpaired) electrons. The van der Waals surface area contributed by atoms with Crippen molar-refractivity contribution < 1.29 is 13.2 Å². The van der Waals surface area contributed by atoms with E-state index in [0.29, 0.717) is 5.56 Å². The van der Waals surface area contributed by atoms with Crippen molar-refractivity contribution in [2.75, 3.05) is 0 Å². The summed E-state index contributed by atoms with van der Waals surface area (Å²) in [5.74, 6) is 0.0982. The first-order valence-electron chi connectivity index (χ1n) is 3.90. The summed E-state index contributed by atoms with van der Waals surface area (Å²) in [7, 11) is 0. The monoisotopic (exact) mass is 202 g/mol. The fraction of sp³-hybridized carbons (Fsp3) is 0.333. The van der Waals surface area contributed by atoms with E-state index in [1.807, 2.05) is 0 Å². The molecule has 0 saturated heterocycles. The molecule has 1 aromatic rings. The van der Waals surface area contributed by atoms with Gasteiger partial charge in [-0.1, -0.05) is 24.3 Å². The highest BCUT2D eigenvalue weighted by Gasteiger charge is 2.02. The lowest BCUT2D eigenvalue weighted by Gasteiger charge is -2.02. The minimum absolute atomic E-state index is 0.0982. The van der Waals surface area contributed by atoms with Crippen LogP contribution in [0.4, 0.5) is 4.39 Å². The van der Waals surface area contributed by atoms with Gasteiger partial charge in [-0.2, -0.15) is 0 Å². The zero-order valence-corrected chi connectivity index (χ0v) is 8.05. The van der Waals surface area contributed by atoms with Gasteiger partial charge in [-0.15, -0.1) is 0 Å². The van der Waals surface area contributed by atoms with Gasteiger partial charge in [0.15, 0.2) is 11.1 Å². The van der Waals surface area contributed by atoms with E-state index in [0.717, 1.165) is 5.56 Å². The van der Waals surface area contributed by atoms with Crippen molar-refractivity contribution >= 4 is 11.1 Å². The van der Waals surface area contributed by atoms with Gasteiger partial charge in [0.05, 0.1) is 5.75 Å². The Kier molecular flexibility index (Phi) is 3.57. The zero-order chi connectivity index (χ0) is 9.84. The highest BCUT2D eigenvalue weighted by Crippen LogP contribution is 2.16. The van der Waals surface area contributed by atoms with Crippen LogP contribution in [-0.2, 0) is 16.8 Å². The number of halogens is 1. The lowest BCUT2D eigenvalue weighted by Crippen LogP contribution is -1.93. The van der Waals surface area contributed by atoms with Crippen molar-refractivity contribution in [1.29, 1.82) is 0 Å². The van der Waals surface area contributed by atoms with Gasteiger partial charge in [0, 0.05) is 0 Å². The van der Waals surface area contributed by atoms with Gasteiger partial charge in [-0.3, -0.25) is 0 Å². The molecule has 1 N–H and O–H groups in total. The molecule has 2 unspecified atom stereocenters. The molecule has 0 aliphatic heterocycles. The number of rotatable bonds is 3. The van der Waals surface area contributed by atoms with Gasteiger partial charge in [0.2, 0.25) is 0 Å². The molecule has 0 aliphatic carbocycles. The summed E-state index contributed by atoms with van der Waals surface area (Å²) in [6.07, 6.45) is -0.992. The molecule has 4 heteroatoms. The van der Waals surface area contributed by atoms with Crippen molar-refractivity contribution in [2.45, 2.75) is 18.8 Å². The van der Waals surface area contributed by atoms with E-state index in [1.54, 1.807) is 24.3 Å². The molecule has 0 amide bonds. The Hall–Kier alpha value is -0.740. The van der Waals surface area contributed by atoms with Gasteiger partial charge in [-0.25, -0.2) is 8.60 Å². The minimum atomic E-state index is -1.83. The van der Waals surface area contributed by atoms with Gasteiger partial charge >= 0.3 is 0 Å². The Labute approximate surface area is 79.1 Å². The molecule has 0 aliphatic rings. The average Bonchev–Trinajstić information content (AvgIpc) is 2.04. The lowest BCUT2D eigenvalue weighted by molar-refractivity contribution is 0.374. The molecule has 0 spiro atoms. The third-order valence-corrected chi connectivity index (χ3v) is 2.31. The first kappa shape index (κ1) is 10.3. The van der Waals surface area contributed by atoms with Crippen LogP contribution in [0.15, 0.2) is 24.3 Å². The molecule has 0 bridgehead atoms. The van der Waals surface area contributed by atoms with Crippen LogP contribution < -0.4 is 0 Å². The van der Waals surface area contributed by atoms with Crippen LogP contribution in [-0.4, -0.2) is 8.76 Å². The maximum absolute atomic E-state index is 12.7. The van der Waals surface area contributed by atoms with Crippen LogP contribution in [0.25, 0.3) is 0 Å². The van der Waals surface area contributed by atoms with Crippen LogP contribution in [0.1, 0.15) is 24.2 Å². The largest absolute Gasteiger partial charge is 0.306 e. The molecule has 0 aromatic heterocycles. The Bertz CT molecular complexity index is 295. The van der Waals surface area contributed by atoms with Crippen LogP contribution >= 0.6 is 0 Å². The van der Waals surface area contributed by atoms with Crippen LogP contribution in [0.3, 0.4) is 0 Å². The highest BCUT2D eigenvalue weighted by atomic mass is 32.2. The summed E-state index contributed by atoms with van der Waals surface area (Å²) in [4.78, 5) is 0. The van der Waals surface area contributed by atoms with Crippen molar-refractivity contribution in [1.82, 2.24) is 0 Å². The molecular formula is C9H11FO2S. The molecule has 1 rings (SSSR count). The smallest absolute Gasteiger partial charge is 0.157 e. The Morgan fingerprint density at radius 1 is 1.46 bits per heavy atom. The summed E-state index contributed by atoms with van der Waals surface area (Å²) in [5.41, 5.74) is 1.33. The van der Waals surface area contributed by atoms with E-state index in [4.69, 9.17) is 4.55 Å². The van der Waals surface area contributed by atoms with Gasteiger partial charge in [0.25, 0.3) is 0 Å². The first-order chi connectivity index (χ1) is 6.09. The SMILES string of the molecule is CC(F)c1ccc(CS(=O)O)cc1. The predicted octanol–water partition coefficient (Wildman–Crippen LogP) is 2.44. The molecule has 0 fully saturated rings. The van der Waals surface area contributed by atoms with Crippen molar-refractivity contribution in [2.24, 2.45) is 0 Å². The normalized spacial score (nSPS) is 15.3. The van der Waals surface area contributed by atoms with E-state index >= 15 is 0 Å². The topological polar surface area (TPSA) is 37.3 Å². The predicted molar refractivity (Wildman–Crippen MR) is 50.4 cm³/mol. The van der Waals surface area contributed by atoms with E-state index in [1.165, 1.54) is 6.92 Å². The quantitative estimate of drug-likeness (QED) is 0.764. The van der Waals surface area contributed by atoms with Crippen molar-refractivity contribution in [3.8, 4) is 0 Å². The van der Waals surface area contributed by atoms with E-state index in [9.17, 15) is 8.60 Å². The molecule has 1 aromatic carbocycles. The summed E-state index contributed by atoms with van der Waals surface area (Å²) >= 11 is -1.83. The highest BCUT2D eigenvalue weighted by molar-refractivity contribution is 7.78. The third-order valence-electron chi connectivity index (χ3n) is 1.73. The van der Waals surface area contributed by atoms with E-state index in [-0.39, 0.29) is 5.75 Å². The summed E-state index contributed by atoms with van der Waals surface area (Å²) < 4.78 is 31.7. The standard InChI is InChI=1S/C9H11FO2S/c1-7(10)9-4-2-8(3-5-9)6-13(11)12/h2-5,7H,6H2,1H3,(H,11,12). The average molecular weight is 202 g/mol. The molecule has 13 heavy (non-hydrogen) atoms. The summed E-state index contributed by atoms with van der Waals surface area (Å²) in [6, 6.07) is 6.60. The Morgan fingerprint density at radius 2 is 2.00 bits per heavy atom. The van der Waals surface area contributed by atoms with Crippen molar-refractivity contribution in [3.05, 3.63) is 35.4 Å². The molecule has 2 atom stereocenters. The second-order valence-electron chi connectivity index (χ2n) is 2.82. The summed E-state index contributed by atoms with van der Waals surface area (Å²) in [5, 5.41) is 0.